The third kappa shape index (κ3) is 6.78. The van der Waals surface area contributed by atoms with Crippen LogP contribution in [0.15, 0.2) is 17.5 Å². The predicted octanol–water partition coefficient (Wildman–Crippen LogP) is 1.56. The minimum Gasteiger partial charge on any atom is -0.314 e. The van der Waals surface area contributed by atoms with E-state index in [4.69, 9.17) is 0 Å². The van der Waals surface area contributed by atoms with Crippen LogP contribution < -0.4 is 10.0 Å². The second-order valence-electron chi connectivity index (χ2n) is 4.18. The maximum atomic E-state index is 11.6. The normalized spacial score (nSPS) is 12.2. The van der Waals surface area contributed by atoms with Crippen molar-refractivity contribution in [2.45, 2.75) is 32.9 Å². The Morgan fingerprint density at radius 2 is 2.18 bits per heavy atom. The minimum atomic E-state index is -3.14. The first-order valence-electron chi connectivity index (χ1n) is 5.73. The summed E-state index contributed by atoms with van der Waals surface area (Å²) in [6.45, 7) is 5.22. The lowest BCUT2D eigenvalue weighted by molar-refractivity contribution is 0.561. The SMILES string of the molecule is CC(C)NCCCS(=O)(=O)NCc1cccs1. The molecule has 0 saturated carbocycles. The number of rotatable bonds is 8. The van der Waals surface area contributed by atoms with Crippen LogP contribution in [0.2, 0.25) is 0 Å². The van der Waals surface area contributed by atoms with Crippen LogP contribution >= 0.6 is 11.3 Å². The summed E-state index contributed by atoms with van der Waals surface area (Å²) in [5.41, 5.74) is 0. The molecule has 0 radical (unpaired) electrons. The molecule has 0 aliphatic heterocycles. The van der Waals surface area contributed by atoms with Crippen molar-refractivity contribution in [3.8, 4) is 0 Å². The van der Waals surface area contributed by atoms with Gasteiger partial charge < -0.3 is 5.32 Å². The van der Waals surface area contributed by atoms with Crippen molar-refractivity contribution < 1.29 is 8.42 Å². The Kier molecular flexibility index (Phi) is 6.11. The van der Waals surface area contributed by atoms with Crippen LogP contribution in [0.25, 0.3) is 0 Å². The van der Waals surface area contributed by atoms with E-state index in [0.717, 1.165) is 11.4 Å². The fourth-order valence-corrected chi connectivity index (χ4v) is 3.10. The van der Waals surface area contributed by atoms with Crippen molar-refractivity contribution in [1.29, 1.82) is 0 Å². The van der Waals surface area contributed by atoms with Gasteiger partial charge in [0.2, 0.25) is 10.0 Å². The summed E-state index contributed by atoms with van der Waals surface area (Å²) in [5, 5.41) is 5.14. The molecule has 4 nitrogen and oxygen atoms in total. The van der Waals surface area contributed by atoms with E-state index in [0.29, 0.717) is 19.0 Å². The molecular weight excluding hydrogens is 256 g/mol. The molecule has 0 spiro atoms. The Morgan fingerprint density at radius 3 is 2.76 bits per heavy atom. The predicted molar refractivity (Wildman–Crippen MR) is 72.7 cm³/mol. The van der Waals surface area contributed by atoms with E-state index >= 15 is 0 Å². The van der Waals surface area contributed by atoms with Crippen LogP contribution in [-0.2, 0) is 16.6 Å². The lowest BCUT2D eigenvalue weighted by Crippen LogP contribution is -2.29. The van der Waals surface area contributed by atoms with Crippen LogP contribution in [0.1, 0.15) is 25.1 Å². The lowest BCUT2D eigenvalue weighted by atomic mass is 10.4. The topological polar surface area (TPSA) is 58.2 Å². The maximum absolute atomic E-state index is 11.6. The number of thiophene rings is 1. The van der Waals surface area contributed by atoms with Gasteiger partial charge in [0.25, 0.3) is 0 Å². The van der Waals surface area contributed by atoms with Crippen LogP contribution in [0.3, 0.4) is 0 Å². The summed E-state index contributed by atoms with van der Waals surface area (Å²) in [4.78, 5) is 1.04. The lowest BCUT2D eigenvalue weighted by Gasteiger charge is -2.08. The molecule has 0 saturated heterocycles. The molecule has 0 aliphatic rings. The van der Waals surface area contributed by atoms with E-state index in [-0.39, 0.29) is 5.75 Å². The summed E-state index contributed by atoms with van der Waals surface area (Å²) in [5.74, 6) is 0.179. The fourth-order valence-electron chi connectivity index (χ4n) is 1.32. The molecule has 1 heterocycles. The Balaban J connectivity index is 2.22. The Hall–Kier alpha value is -0.430. The number of sulfonamides is 1. The quantitative estimate of drug-likeness (QED) is 0.708. The monoisotopic (exact) mass is 276 g/mol. The maximum Gasteiger partial charge on any atom is 0.211 e. The van der Waals surface area contributed by atoms with Crippen LogP contribution in [-0.4, -0.2) is 26.8 Å². The highest BCUT2D eigenvalue weighted by atomic mass is 32.2. The molecule has 0 bridgehead atoms. The molecule has 98 valence electrons. The van der Waals surface area contributed by atoms with E-state index in [1.807, 2.05) is 31.4 Å². The van der Waals surface area contributed by atoms with Crippen molar-refractivity contribution >= 4 is 21.4 Å². The summed E-state index contributed by atoms with van der Waals surface area (Å²) in [7, 11) is -3.14. The first-order valence-corrected chi connectivity index (χ1v) is 8.26. The fraction of sp³-hybridized carbons (Fsp3) is 0.636. The highest BCUT2D eigenvalue weighted by Crippen LogP contribution is 2.08. The zero-order valence-corrected chi connectivity index (χ0v) is 11.9. The van der Waals surface area contributed by atoms with Crippen LogP contribution in [0.5, 0.6) is 0 Å². The van der Waals surface area contributed by atoms with Crippen molar-refractivity contribution in [3.05, 3.63) is 22.4 Å². The van der Waals surface area contributed by atoms with Gasteiger partial charge in [-0.25, -0.2) is 13.1 Å². The molecule has 6 heteroatoms. The van der Waals surface area contributed by atoms with Crippen molar-refractivity contribution in [1.82, 2.24) is 10.0 Å². The van der Waals surface area contributed by atoms with E-state index in [9.17, 15) is 8.42 Å². The van der Waals surface area contributed by atoms with E-state index < -0.39 is 10.0 Å². The summed E-state index contributed by atoms with van der Waals surface area (Å²) < 4.78 is 25.9. The number of hydrogen-bond acceptors (Lipinski definition) is 4. The summed E-state index contributed by atoms with van der Waals surface area (Å²) in [6.07, 6.45) is 0.637. The van der Waals surface area contributed by atoms with Gasteiger partial charge in [0.1, 0.15) is 0 Å². The molecule has 0 amide bonds. The first kappa shape index (κ1) is 14.6. The first-order chi connectivity index (χ1) is 7.99. The van der Waals surface area contributed by atoms with Gasteiger partial charge in [0, 0.05) is 17.5 Å². The van der Waals surface area contributed by atoms with E-state index in [1.54, 1.807) is 11.3 Å². The van der Waals surface area contributed by atoms with Gasteiger partial charge in [-0.1, -0.05) is 19.9 Å². The van der Waals surface area contributed by atoms with Gasteiger partial charge >= 0.3 is 0 Å². The molecule has 0 unspecified atom stereocenters. The number of hydrogen-bond donors (Lipinski definition) is 2. The molecule has 1 aromatic heterocycles. The molecule has 1 aromatic rings. The average molecular weight is 276 g/mol. The van der Waals surface area contributed by atoms with Gasteiger partial charge in [0.05, 0.1) is 5.75 Å². The van der Waals surface area contributed by atoms with Crippen molar-refractivity contribution in [3.63, 3.8) is 0 Å². The summed E-state index contributed by atoms with van der Waals surface area (Å²) >= 11 is 1.56. The molecule has 0 atom stereocenters. The van der Waals surface area contributed by atoms with Crippen LogP contribution in [0, 0.1) is 0 Å². The van der Waals surface area contributed by atoms with Crippen molar-refractivity contribution in [2.75, 3.05) is 12.3 Å². The minimum absolute atomic E-state index is 0.179. The Labute approximate surface area is 107 Å². The van der Waals surface area contributed by atoms with Gasteiger partial charge in [0.15, 0.2) is 0 Å². The molecule has 0 fully saturated rings. The van der Waals surface area contributed by atoms with E-state index in [1.165, 1.54) is 0 Å². The molecule has 17 heavy (non-hydrogen) atoms. The largest absolute Gasteiger partial charge is 0.314 e. The van der Waals surface area contributed by atoms with E-state index in [2.05, 4.69) is 10.0 Å². The smallest absolute Gasteiger partial charge is 0.211 e. The standard InChI is InChI=1S/C11H20N2O2S2/c1-10(2)12-6-4-8-17(14,15)13-9-11-5-3-7-16-11/h3,5,7,10,12-13H,4,6,8-9H2,1-2H3. The molecule has 1 rings (SSSR count). The average Bonchev–Trinajstić information content (AvgIpc) is 2.74. The third-order valence-electron chi connectivity index (χ3n) is 2.19. The molecular formula is C11H20N2O2S2. The number of nitrogens with one attached hydrogen (secondary N) is 2. The zero-order chi connectivity index (χ0) is 12.7. The van der Waals surface area contributed by atoms with Gasteiger partial charge in [-0.2, -0.15) is 0 Å². The Morgan fingerprint density at radius 1 is 1.41 bits per heavy atom. The molecule has 2 N–H and O–H groups in total. The molecule has 0 aliphatic carbocycles. The zero-order valence-electron chi connectivity index (χ0n) is 10.3. The summed E-state index contributed by atoms with van der Waals surface area (Å²) in [6, 6.07) is 4.24. The second-order valence-corrected chi connectivity index (χ2v) is 7.14. The third-order valence-corrected chi connectivity index (χ3v) is 4.48. The highest BCUT2D eigenvalue weighted by Gasteiger charge is 2.09. The highest BCUT2D eigenvalue weighted by molar-refractivity contribution is 7.89. The van der Waals surface area contributed by atoms with Crippen molar-refractivity contribution in [2.24, 2.45) is 0 Å². The van der Waals surface area contributed by atoms with Crippen LogP contribution in [0.4, 0.5) is 0 Å². The second kappa shape index (κ2) is 7.10. The van der Waals surface area contributed by atoms with Gasteiger partial charge in [-0.15, -0.1) is 11.3 Å². The Bertz CT molecular complexity index is 399. The van der Waals surface area contributed by atoms with Gasteiger partial charge in [-0.05, 0) is 24.4 Å². The van der Waals surface area contributed by atoms with Gasteiger partial charge in [-0.3, -0.25) is 0 Å². The molecule has 0 aromatic carbocycles.